The third-order valence-corrected chi connectivity index (χ3v) is 1.57. The molecule has 0 saturated heterocycles. The third-order valence-electron chi connectivity index (χ3n) is 1.57. The summed E-state index contributed by atoms with van der Waals surface area (Å²) in [5.74, 6) is 0.255. The van der Waals surface area contributed by atoms with Gasteiger partial charge in [-0.3, -0.25) is 5.41 Å². The second-order valence-electron chi connectivity index (χ2n) is 2.67. The van der Waals surface area contributed by atoms with Crippen LogP contribution >= 0.6 is 0 Å². The Labute approximate surface area is 68.4 Å². The Morgan fingerprint density at radius 2 is 2.00 bits per heavy atom. The summed E-state index contributed by atoms with van der Waals surface area (Å²) in [6.45, 7) is 3.87. The Bertz CT molecular complexity index is 122. The average Bonchev–Trinajstić information content (AvgIpc) is 1.87. The molecule has 0 rings (SSSR count). The molecule has 66 valence electrons. The highest BCUT2D eigenvalue weighted by Gasteiger charge is 2.03. The van der Waals surface area contributed by atoms with Gasteiger partial charge in [-0.15, -0.1) is 0 Å². The van der Waals surface area contributed by atoms with E-state index in [0.29, 0.717) is 6.42 Å². The van der Waals surface area contributed by atoms with E-state index < -0.39 is 0 Å². The van der Waals surface area contributed by atoms with Gasteiger partial charge in [0.25, 0.3) is 0 Å². The van der Waals surface area contributed by atoms with Crippen LogP contribution in [0.1, 0.15) is 13.3 Å². The molecular formula is C7H18N4. The van der Waals surface area contributed by atoms with Crippen molar-refractivity contribution in [3.05, 3.63) is 0 Å². The van der Waals surface area contributed by atoms with Crippen LogP contribution in [-0.2, 0) is 0 Å². The second-order valence-corrected chi connectivity index (χ2v) is 2.67. The van der Waals surface area contributed by atoms with Crippen LogP contribution in [0, 0.1) is 5.41 Å². The zero-order valence-corrected chi connectivity index (χ0v) is 7.59. The molecule has 0 fully saturated rings. The van der Waals surface area contributed by atoms with Gasteiger partial charge in [-0.1, -0.05) is 6.92 Å². The van der Waals surface area contributed by atoms with Crippen LogP contribution in [0.25, 0.3) is 0 Å². The predicted octanol–water partition coefficient (Wildman–Crippen LogP) is 0.111. The molecule has 0 bridgehead atoms. The van der Waals surface area contributed by atoms with E-state index in [1.54, 1.807) is 0 Å². The van der Waals surface area contributed by atoms with Crippen molar-refractivity contribution < 1.29 is 0 Å². The van der Waals surface area contributed by atoms with E-state index in [-0.39, 0.29) is 5.84 Å². The van der Waals surface area contributed by atoms with Gasteiger partial charge in [-0.25, -0.2) is 10.0 Å². The molecule has 0 unspecified atom stereocenters. The lowest BCUT2D eigenvalue weighted by molar-refractivity contribution is 0.0341. The SMILES string of the molecule is CCN(CCC(=N)N)N(C)C. The van der Waals surface area contributed by atoms with E-state index >= 15 is 0 Å². The van der Waals surface area contributed by atoms with Crippen molar-refractivity contribution >= 4 is 5.84 Å². The first-order chi connectivity index (χ1) is 5.07. The minimum atomic E-state index is 0.255. The maximum Gasteiger partial charge on any atom is 0.0918 e. The highest BCUT2D eigenvalue weighted by Crippen LogP contribution is 1.92. The monoisotopic (exact) mass is 158 g/mol. The van der Waals surface area contributed by atoms with Crippen molar-refractivity contribution in [1.82, 2.24) is 10.0 Å². The van der Waals surface area contributed by atoms with E-state index in [4.69, 9.17) is 11.1 Å². The van der Waals surface area contributed by atoms with Gasteiger partial charge in [0.2, 0.25) is 0 Å². The first kappa shape index (κ1) is 10.4. The number of hydrogen-bond donors (Lipinski definition) is 2. The summed E-state index contributed by atoms with van der Waals surface area (Å²) < 4.78 is 0. The summed E-state index contributed by atoms with van der Waals surface area (Å²) in [5.41, 5.74) is 5.23. The number of rotatable bonds is 5. The van der Waals surface area contributed by atoms with Gasteiger partial charge >= 0.3 is 0 Å². The summed E-state index contributed by atoms with van der Waals surface area (Å²) in [5, 5.41) is 11.2. The van der Waals surface area contributed by atoms with Crippen LogP contribution in [-0.4, -0.2) is 43.0 Å². The molecule has 0 spiro atoms. The van der Waals surface area contributed by atoms with Gasteiger partial charge in [-0.05, 0) is 0 Å². The Kier molecular flexibility index (Phi) is 4.81. The molecule has 0 aromatic heterocycles. The molecule has 0 aromatic carbocycles. The first-order valence-corrected chi connectivity index (χ1v) is 3.83. The number of nitrogens with two attached hydrogens (primary N) is 1. The average molecular weight is 158 g/mol. The smallest absolute Gasteiger partial charge is 0.0918 e. The van der Waals surface area contributed by atoms with Gasteiger partial charge in [-0.2, -0.15) is 0 Å². The van der Waals surface area contributed by atoms with Crippen LogP contribution in [0.3, 0.4) is 0 Å². The fourth-order valence-corrected chi connectivity index (χ4v) is 0.890. The normalized spacial score (nSPS) is 11.0. The van der Waals surface area contributed by atoms with E-state index in [1.165, 1.54) is 0 Å². The molecule has 0 aliphatic heterocycles. The van der Waals surface area contributed by atoms with Gasteiger partial charge in [0.1, 0.15) is 0 Å². The molecule has 0 saturated carbocycles. The lowest BCUT2D eigenvalue weighted by atomic mass is 10.4. The van der Waals surface area contributed by atoms with Crippen molar-refractivity contribution in [2.75, 3.05) is 27.2 Å². The maximum absolute atomic E-state index is 7.04. The van der Waals surface area contributed by atoms with Gasteiger partial charge in [0, 0.05) is 33.6 Å². The highest BCUT2D eigenvalue weighted by molar-refractivity contribution is 5.76. The van der Waals surface area contributed by atoms with Crippen LogP contribution in [0.5, 0.6) is 0 Å². The van der Waals surface area contributed by atoms with Crippen LogP contribution in [0.4, 0.5) is 0 Å². The molecule has 0 atom stereocenters. The molecule has 0 heterocycles. The summed E-state index contributed by atoms with van der Waals surface area (Å²) in [6, 6.07) is 0. The van der Waals surface area contributed by atoms with Crippen LogP contribution in [0.2, 0.25) is 0 Å². The molecule has 0 aliphatic carbocycles. The molecule has 11 heavy (non-hydrogen) atoms. The summed E-state index contributed by atoms with van der Waals surface area (Å²) in [6.07, 6.45) is 0.645. The third kappa shape index (κ3) is 4.75. The second kappa shape index (κ2) is 5.09. The number of hydrogen-bond acceptors (Lipinski definition) is 3. The van der Waals surface area contributed by atoms with Crippen molar-refractivity contribution in [3.8, 4) is 0 Å². The largest absolute Gasteiger partial charge is 0.388 e. The minimum Gasteiger partial charge on any atom is -0.388 e. The van der Waals surface area contributed by atoms with Gasteiger partial charge < -0.3 is 5.73 Å². The van der Waals surface area contributed by atoms with Gasteiger partial charge in [0.05, 0.1) is 5.84 Å². The summed E-state index contributed by atoms with van der Waals surface area (Å²) in [7, 11) is 3.98. The maximum atomic E-state index is 7.04. The zero-order chi connectivity index (χ0) is 8.85. The fraction of sp³-hybridized carbons (Fsp3) is 0.857. The quantitative estimate of drug-likeness (QED) is 0.339. The molecule has 0 amide bonds. The lowest BCUT2D eigenvalue weighted by Crippen LogP contribution is -2.38. The standard InChI is InChI=1S/C7H18N4/c1-4-11(10(2)3)6-5-7(8)9/h4-6H2,1-3H3,(H3,8,9). The number of nitrogens with one attached hydrogen (secondary N) is 1. The molecule has 0 radical (unpaired) electrons. The Morgan fingerprint density at radius 3 is 2.27 bits per heavy atom. The molecule has 0 aliphatic rings. The molecule has 4 nitrogen and oxygen atoms in total. The van der Waals surface area contributed by atoms with E-state index in [2.05, 4.69) is 11.9 Å². The number of amidine groups is 1. The molecular weight excluding hydrogens is 140 g/mol. The predicted molar refractivity (Wildman–Crippen MR) is 47.5 cm³/mol. The van der Waals surface area contributed by atoms with Crippen molar-refractivity contribution in [2.45, 2.75) is 13.3 Å². The van der Waals surface area contributed by atoms with E-state index in [1.807, 2.05) is 19.1 Å². The summed E-state index contributed by atoms with van der Waals surface area (Å²) in [4.78, 5) is 0. The Balaban J connectivity index is 3.61. The number of nitrogens with zero attached hydrogens (tertiary/aromatic N) is 2. The Hall–Kier alpha value is -0.610. The zero-order valence-electron chi connectivity index (χ0n) is 7.59. The van der Waals surface area contributed by atoms with Crippen molar-refractivity contribution in [1.29, 1.82) is 5.41 Å². The van der Waals surface area contributed by atoms with E-state index in [0.717, 1.165) is 13.1 Å². The van der Waals surface area contributed by atoms with Crippen LogP contribution in [0.15, 0.2) is 0 Å². The summed E-state index contributed by atoms with van der Waals surface area (Å²) >= 11 is 0. The lowest BCUT2D eigenvalue weighted by Gasteiger charge is -2.26. The molecule has 3 N–H and O–H groups in total. The highest BCUT2D eigenvalue weighted by atomic mass is 15.6. The van der Waals surface area contributed by atoms with Crippen LogP contribution < -0.4 is 5.73 Å². The minimum absolute atomic E-state index is 0.255. The topological polar surface area (TPSA) is 56.4 Å². The fourth-order valence-electron chi connectivity index (χ4n) is 0.890. The first-order valence-electron chi connectivity index (χ1n) is 3.83. The Morgan fingerprint density at radius 1 is 1.45 bits per heavy atom. The van der Waals surface area contributed by atoms with Crippen molar-refractivity contribution in [3.63, 3.8) is 0 Å². The van der Waals surface area contributed by atoms with Gasteiger partial charge in [0.15, 0.2) is 0 Å². The molecule has 4 heteroatoms. The van der Waals surface area contributed by atoms with E-state index in [9.17, 15) is 0 Å². The number of hydrazine groups is 1. The van der Waals surface area contributed by atoms with Crippen molar-refractivity contribution in [2.24, 2.45) is 5.73 Å². The molecule has 0 aromatic rings.